The third kappa shape index (κ3) is 6.26. The van der Waals surface area contributed by atoms with Crippen LogP contribution in [-0.4, -0.2) is 33.5 Å². The van der Waals surface area contributed by atoms with Crippen LogP contribution in [0.2, 0.25) is 0 Å². The molecular formula is C28H30N4O3S. The van der Waals surface area contributed by atoms with Gasteiger partial charge in [0, 0.05) is 11.4 Å². The van der Waals surface area contributed by atoms with E-state index in [1.807, 2.05) is 54.0 Å². The number of ether oxygens (including phenoxy) is 2. The topological polar surface area (TPSA) is 78.3 Å². The van der Waals surface area contributed by atoms with E-state index in [1.165, 1.54) is 17.3 Å². The van der Waals surface area contributed by atoms with Crippen molar-refractivity contribution in [3.8, 4) is 17.2 Å². The lowest BCUT2D eigenvalue weighted by atomic mass is 10.0. The Balaban J connectivity index is 1.50. The standard InChI is InChI=1S/C28H30N4O3S/c1-19(2)21-10-14-25(15-11-21)35-20(3)27-30-31-28(32(27)23-8-6-5-7-9-23)36-18-26(33)29-22-12-16-24(34-4)17-13-22/h5-17,19-20H,18H2,1-4H3,(H,29,33). The van der Waals surface area contributed by atoms with E-state index in [0.717, 1.165) is 17.2 Å². The fourth-order valence-electron chi connectivity index (χ4n) is 3.65. The second kappa shape index (κ2) is 11.8. The number of anilines is 1. The predicted octanol–water partition coefficient (Wildman–Crippen LogP) is 6.27. The molecule has 0 aliphatic heterocycles. The molecule has 1 unspecified atom stereocenters. The van der Waals surface area contributed by atoms with Crippen LogP contribution in [0, 0.1) is 0 Å². The van der Waals surface area contributed by atoms with E-state index in [4.69, 9.17) is 9.47 Å². The molecule has 4 rings (SSSR count). The quantitative estimate of drug-likeness (QED) is 0.258. The van der Waals surface area contributed by atoms with Gasteiger partial charge in [0.25, 0.3) is 0 Å². The van der Waals surface area contributed by atoms with Gasteiger partial charge in [0.05, 0.1) is 12.9 Å². The smallest absolute Gasteiger partial charge is 0.234 e. The molecule has 1 atom stereocenters. The van der Waals surface area contributed by atoms with Gasteiger partial charge in [0.15, 0.2) is 17.1 Å². The summed E-state index contributed by atoms with van der Waals surface area (Å²) in [6.45, 7) is 6.28. The summed E-state index contributed by atoms with van der Waals surface area (Å²) in [5, 5.41) is 12.3. The second-order valence-electron chi connectivity index (χ2n) is 8.56. The monoisotopic (exact) mass is 502 g/mol. The maximum Gasteiger partial charge on any atom is 0.234 e. The van der Waals surface area contributed by atoms with Crippen LogP contribution in [0.4, 0.5) is 5.69 Å². The second-order valence-corrected chi connectivity index (χ2v) is 9.50. The summed E-state index contributed by atoms with van der Waals surface area (Å²) in [5.74, 6) is 2.67. The minimum Gasteiger partial charge on any atom is -0.497 e. The van der Waals surface area contributed by atoms with Crippen LogP contribution in [0.3, 0.4) is 0 Å². The number of rotatable bonds is 10. The van der Waals surface area contributed by atoms with E-state index < -0.39 is 0 Å². The molecule has 4 aromatic rings. The molecule has 1 heterocycles. The Labute approximate surface area is 215 Å². The number of aromatic nitrogens is 3. The van der Waals surface area contributed by atoms with Crippen LogP contribution >= 0.6 is 11.8 Å². The van der Waals surface area contributed by atoms with Crippen molar-refractivity contribution in [2.24, 2.45) is 0 Å². The normalized spacial score (nSPS) is 11.8. The van der Waals surface area contributed by atoms with Gasteiger partial charge in [-0.3, -0.25) is 9.36 Å². The summed E-state index contributed by atoms with van der Waals surface area (Å²) in [4.78, 5) is 12.6. The van der Waals surface area contributed by atoms with E-state index in [-0.39, 0.29) is 17.8 Å². The molecule has 186 valence electrons. The number of benzene rings is 3. The highest BCUT2D eigenvalue weighted by Gasteiger charge is 2.21. The van der Waals surface area contributed by atoms with Crippen molar-refractivity contribution < 1.29 is 14.3 Å². The molecule has 1 aromatic heterocycles. The lowest BCUT2D eigenvalue weighted by molar-refractivity contribution is -0.113. The minimum atomic E-state index is -0.356. The Kier molecular flexibility index (Phi) is 8.28. The first kappa shape index (κ1) is 25.3. The van der Waals surface area contributed by atoms with Gasteiger partial charge < -0.3 is 14.8 Å². The Morgan fingerprint density at radius 1 is 0.917 bits per heavy atom. The number of carbonyl (C=O) groups is 1. The highest BCUT2D eigenvalue weighted by molar-refractivity contribution is 7.99. The number of thioether (sulfide) groups is 1. The molecule has 7 nitrogen and oxygen atoms in total. The lowest BCUT2D eigenvalue weighted by Gasteiger charge is -2.17. The number of carbonyl (C=O) groups excluding carboxylic acids is 1. The van der Waals surface area contributed by atoms with Crippen molar-refractivity contribution in [2.45, 2.75) is 37.9 Å². The molecule has 36 heavy (non-hydrogen) atoms. The molecular weight excluding hydrogens is 472 g/mol. The van der Waals surface area contributed by atoms with Gasteiger partial charge >= 0.3 is 0 Å². The van der Waals surface area contributed by atoms with Gasteiger partial charge in [0.2, 0.25) is 5.91 Å². The van der Waals surface area contributed by atoms with E-state index in [9.17, 15) is 4.79 Å². The van der Waals surface area contributed by atoms with Crippen molar-refractivity contribution in [2.75, 3.05) is 18.2 Å². The summed E-state index contributed by atoms with van der Waals surface area (Å²) >= 11 is 1.32. The van der Waals surface area contributed by atoms with E-state index in [1.54, 1.807) is 31.4 Å². The molecule has 0 aliphatic rings. The molecule has 0 radical (unpaired) electrons. The molecule has 0 saturated heterocycles. The Morgan fingerprint density at radius 3 is 2.22 bits per heavy atom. The highest BCUT2D eigenvalue weighted by Crippen LogP contribution is 2.29. The van der Waals surface area contributed by atoms with E-state index in [0.29, 0.717) is 22.6 Å². The fourth-order valence-corrected chi connectivity index (χ4v) is 4.41. The Bertz CT molecular complexity index is 1270. The number of methoxy groups -OCH3 is 1. The number of nitrogens with one attached hydrogen (secondary N) is 1. The van der Waals surface area contributed by atoms with Crippen LogP contribution in [0.5, 0.6) is 11.5 Å². The number of amides is 1. The summed E-state index contributed by atoms with van der Waals surface area (Å²) < 4.78 is 13.3. The third-order valence-corrected chi connectivity index (χ3v) is 6.53. The highest BCUT2D eigenvalue weighted by atomic mass is 32.2. The molecule has 0 spiro atoms. The average molecular weight is 503 g/mol. The number of hydrogen-bond acceptors (Lipinski definition) is 6. The molecule has 1 N–H and O–H groups in total. The Morgan fingerprint density at radius 2 is 1.58 bits per heavy atom. The van der Waals surface area contributed by atoms with E-state index >= 15 is 0 Å². The molecule has 3 aromatic carbocycles. The number of nitrogens with zero attached hydrogens (tertiary/aromatic N) is 3. The maximum atomic E-state index is 12.6. The lowest BCUT2D eigenvalue weighted by Crippen LogP contribution is -2.15. The molecule has 0 fully saturated rings. The van der Waals surface area contributed by atoms with Gasteiger partial charge in [-0.25, -0.2) is 0 Å². The van der Waals surface area contributed by atoms with Gasteiger partial charge in [-0.2, -0.15) is 0 Å². The van der Waals surface area contributed by atoms with Crippen LogP contribution < -0.4 is 14.8 Å². The predicted molar refractivity (Wildman–Crippen MR) is 143 cm³/mol. The first-order chi connectivity index (χ1) is 17.4. The largest absolute Gasteiger partial charge is 0.497 e. The van der Waals surface area contributed by atoms with Crippen molar-refractivity contribution in [3.63, 3.8) is 0 Å². The maximum absolute atomic E-state index is 12.6. The Hall–Kier alpha value is -3.78. The van der Waals surface area contributed by atoms with Crippen LogP contribution in [0.1, 0.15) is 44.2 Å². The zero-order chi connectivity index (χ0) is 25.5. The van der Waals surface area contributed by atoms with Gasteiger partial charge in [-0.15, -0.1) is 10.2 Å². The summed E-state index contributed by atoms with van der Waals surface area (Å²) in [6.07, 6.45) is -0.356. The number of para-hydroxylation sites is 1. The summed E-state index contributed by atoms with van der Waals surface area (Å²) in [5.41, 5.74) is 2.87. The fraction of sp³-hybridized carbons (Fsp3) is 0.250. The molecule has 0 bridgehead atoms. The summed E-state index contributed by atoms with van der Waals surface area (Å²) in [7, 11) is 1.61. The van der Waals surface area contributed by atoms with Crippen molar-refractivity contribution in [1.29, 1.82) is 0 Å². The summed E-state index contributed by atoms with van der Waals surface area (Å²) in [6, 6.07) is 25.2. The van der Waals surface area contributed by atoms with Gasteiger partial charge in [0.1, 0.15) is 11.5 Å². The average Bonchev–Trinajstić information content (AvgIpc) is 3.33. The molecule has 0 saturated carbocycles. The minimum absolute atomic E-state index is 0.135. The third-order valence-electron chi connectivity index (χ3n) is 5.60. The number of hydrogen-bond donors (Lipinski definition) is 1. The van der Waals surface area contributed by atoms with Crippen LogP contribution in [-0.2, 0) is 4.79 Å². The van der Waals surface area contributed by atoms with Crippen molar-refractivity contribution >= 4 is 23.4 Å². The molecule has 0 aliphatic carbocycles. The first-order valence-corrected chi connectivity index (χ1v) is 12.8. The van der Waals surface area contributed by atoms with Crippen molar-refractivity contribution in [1.82, 2.24) is 14.8 Å². The van der Waals surface area contributed by atoms with Crippen LogP contribution in [0.15, 0.2) is 84.0 Å². The van der Waals surface area contributed by atoms with Crippen molar-refractivity contribution in [3.05, 3.63) is 90.3 Å². The van der Waals surface area contributed by atoms with Gasteiger partial charge in [-0.1, -0.05) is 55.9 Å². The zero-order valence-electron chi connectivity index (χ0n) is 20.8. The van der Waals surface area contributed by atoms with Crippen LogP contribution in [0.25, 0.3) is 5.69 Å². The molecule has 8 heteroatoms. The SMILES string of the molecule is COc1ccc(NC(=O)CSc2nnc(C(C)Oc3ccc(C(C)C)cc3)n2-c2ccccc2)cc1. The molecule has 1 amide bonds. The zero-order valence-corrected chi connectivity index (χ0v) is 21.7. The van der Waals surface area contributed by atoms with Gasteiger partial charge in [-0.05, 0) is 66.9 Å². The first-order valence-electron chi connectivity index (χ1n) is 11.8. The van der Waals surface area contributed by atoms with E-state index in [2.05, 4.69) is 41.5 Å².